The molecule has 5 nitrogen and oxygen atoms in total. The van der Waals surface area contributed by atoms with Crippen LogP contribution in [0.5, 0.6) is 0 Å². The highest BCUT2D eigenvalue weighted by Gasteiger charge is 2.22. The van der Waals surface area contributed by atoms with Gasteiger partial charge in [0.05, 0.1) is 0 Å². The molecule has 0 atom stereocenters. The van der Waals surface area contributed by atoms with Crippen LogP contribution in [0.2, 0.25) is 0 Å². The molecule has 24 heavy (non-hydrogen) atoms. The fourth-order valence-corrected chi connectivity index (χ4v) is 3.28. The molecule has 1 rings (SSSR count). The maximum Gasteiger partial charge on any atom is 0.222 e. The average Bonchev–Trinajstić information content (AvgIpc) is 2.55. The zero-order valence-electron chi connectivity index (χ0n) is 15.7. The van der Waals surface area contributed by atoms with Crippen LogP contribution in [0.1, 0.15) is 58.8 Å². The normalized spacial score (nSPS) is 15.0. The van der Waals surface area contributed by atoms with Gasteiger partial charge in [-0.05, 0) is 51.6 Å². The number of nitrogens with one attached hydrogen (secondary N) is 1. The third-order valence-corrected chi connectivity index (χ3v) is 4.58. The molecule has 0 aliphatic carbocycles. The number of likely N-dealkylation sites (tertiary alicyclic amines) is 1. The summed E-state index contributed by atoms with van der Waals surface area (Å²) in [7, 11) is 1.98. The van der Waals surface area contributed by atoms with E-state index in [1.54, 1.807) is 0 Å². The van der Waals surface area contributed by atoms with Crippen molar-refractivity contribution in [3.05, 3.63) is 0 Å². The van der Waals surface area contributed by atoms with Gasteiger partial charge in [-0.15, -0.1) is 12.4 Å². The fourth-order valence-electron chi connectivity index (χ4n) is 3.28. The lowest BCUT2D eigenvalue weighted by molar-refractivity contribution is -0.133. The van der Waals surface area contributed by atoms with Crippen molar-refractivity contribution in [1.29, 1.82) is 0 Å². The molecule has 1 saturated heterocycles. The number of halogens is 1. The summed E-state index contributed by atoms with van der Waals surface area (Å²) in [4.78, 5) is 28.4. The second-order valence-electron chi connectivity index (χ2n) is 6.62. The van der Waals surface area contributed by atoms with Crippen LogP contribution in [0, 0.1) is 5.92 Å². The molecule has 1 heterocycles. The fraction of sp³-hybridized carbons (Fsp3) is 0.889. The van der Waals surface area contributed by atoms with Crippen molar-refractivity contribution in [3.8, 4) is 0 Å². The van der Waals surface area contributed by atoms with E-state index in [1.165, 1.54) is 0 Å². The maximum absolute atomic E-state index is 12.3. The number of carbonyl (C=O) groups is 2. The number of nitrogens with zero attached hydrogens (tertiary/aromatic N) is 2. The number of carbonyl (C=O) groups excluding carboxylic acids is 2. The van der Waals surface area contributed by atoms with E-state index >= 15 is 0 Å². The highest BCUT2D eigenvalue weighted by Crippen LogP contribution is 2.17. The van der Waals surface area contributed by atoms with Gasteiger partial charge in [-0.1, -0.05) is 13.8 Å². The third-order valence-electron chi connectivity index (χ3n) is 4.58. The van der Waals surface area contributed by atoms with E-state index in [9.17, 15) is 9.59 Å². The van der Waals surface area contributed by atoms with Crippen LogP contribution in [-0.2, 0) is 9.59 Å². The third kappa shape index (κ3) is 8.34. The SMILES string of the molecule is CCCN(CCC)C(=O)CCCC(=O)N1CCC(CNC)CC1.Cl. The van der Waals surface area contributed by atoms with Gasteiger partial charge in [0.2, 0.25) is 11.8 Å². The van der Waals surface area contributed by atoms with Gasteiger partial charge < -0.3 is 15.1 Å². The Morgan fingerprint density at radius 3 is 2.17 bits per heavy atom. The lowest BCUT2D eigenvalue weighted by atomic mass is 9.96. The first kappa shape index (κ1) is 23.2. The van der Waals surface area contributed by atoms with Crippen molar-refractivity contribution >= 4 is 24.2 Å². The van der Waals surface area contributed by atoms with Crippen molar-refractivity contribution in [2.75, 3.05) is 39.8 Å². The highest BCUT2D eigenvalue weighted by atomic mass is 35.5. The van der Waals surface area contributed by atoms with Crippen LogP contribution < -0.4 is 5.32 Å². The van der Waals surface area contributed by atoms with Crippen molar-refractivity contribution < 1.29 is 9.59 Å². The smallest absolute Gasteiger partial charge is 0.222 e. The molecule has 0 saturated carbocycles. The molecule has 0 unspecified atom stereocenters. The minimum atomic E-state index is 0. The predicted molar refractivity (Wildman–Crippen MR) is 101 cm³/mol. The molecular weight excluding hydrogens is 326 g/mol. The molecule has 0 bridgehead atoms. The molecule has 0 aromatic heterocycles. The quantitative estimate of drug-likeness (QED) is 0.650. The minimum Gasteiger partial charge on any atom is -0.343 e. The Morgan fingerprint density at radius 2 is 1.67 bits per heavy atom. The number of amides is 2. The maximum atomic E-state index is 12.3. The molecule has 0 radical (unpaired) electrons. The molecular formula is C18H36ClN3O2. The molecule has 142 valence electrons. The Morgan fingerprint density at radius 1 is 1.08 bits per heavy atom. The van der Waals surface area contributed by atoms with Crippen molar-refractivity contribution in [1.82, 2.24) is 15.1 Å². The first-order valence-corrected chi connectivity index (χ1v) is 9.32. The van der Waals surface area contributed by atoms with Crippen LogP contribution >= 0.6 is 12.4 Å². The van der Waals surface area contributed by atoms with E-state index in [0.29, 0.717) is 25.2 Å². The summed E-state index contributed by atoms with van der Waals surface area (Å²) in [6.07, 6.45) is 5.85. The van der Waals surface area contributed by atoms with Crippen molar-refractivity contribution in [3.63, 3.8) is 0 Å². The first-order valence-electron chi connectivity index (χ1n) is 9.32. The number of rotatable bonds is 10. The standard InChI is InChI=1S/C18H35N3O2.ClH/c1-4-11-20(12-5-2)17(22)7-6-8-18(23)21-13-9-16(10-14-21)15-19-3;/h16,19H,4-15H2,1-3H3;1H. The van der Waals surface area contributed by atoms with Gasteiger partial charge in [0.15, 0.2) is 0 Å². The summed E-state index contributed by atoms with van der Waals surface area (Å²) in [6, 6.07) is 0. The molecule has 0 aromatic rings. The number of piperidine rings is 1. The van der Waals surface area contributed by atoms with Gasteiger partial charge >= 0.3 is 0 Å². The van der Waals surface area contributed by atoms with Gasteiger partial charge in [0, 0.05) is 39.0 Å². The highest BCUT2D eigenvalue weighted by molar-refractivity contribution is 5.85. The summed E-state index contributed by atoms with van der Waals surface area (Å²) in [6.45, 7) is 8.64. The van der Waals surface area contributed by atoms with Crippen LogP contribution in [0.3, 0.4) is 0 Å². The summed E-state index contributed by atoms with van der Waals surface area (Å²) < 4.78 is 0. The zero-order chi connectivity index (χ0) is 17.1. The van der Waals surface area contributed by atoms with Crippen LogP contribution in [0.15, 0.2) is 0 Å². The minimum absolute atomic E-state index is 0. The molecule has 1 aliphatic heterocycles. The molecule has 1 N–H and O–H groups in total. The lowest BCUT2D eigenvalue weighted by Crippen LogP contribution is -2.40. The van der Waals surface area contributed by atoms with Crippen LogP contribution in [0.4, 0.5) is 0 Å². The van der Waals surface area contributed by atoms with E-state index in [-0.39, 0.29) is 24.2 Å². The molecule has 6 heteroatoms. The molecule has 1 fully saturated rings. The van der Waals surface area contributed by atoms with E-state index in [4.69, 9.17) is 0 Å². The Balaban J connectivity index is 0.00000529. The lowest BCUT2D eigenvalue weighted by Gasteiger charge is -2.32. The summed E-state index contributed by atoms with van der Waals surface area (Å²) in [5, 5.41) is 3.21. The largest absolute Gasteiger partial charge is 0.343 e. The second kappa shape index (κ2) is 13.5. The van der Waals surface area contributed by atoms with Crippen LogP contribution in [0.25, 0.3) is 0 Å². The topological polar surface area (TPSA) is 52.7 Å². The Bertz CT molecular complexity index is 352. The van der Waals surface area contributed by atoms with Gasteiger partial charge in [0.25, 0.3) is 0 Å². The van der Waals surface area contributed by atoms with Crippen LogP contribution in [-0.4, -0.2) is 61.4 Å². The number of hydrogen-bond donors (Lipinski definition) is 1. The first-order chi connectivity index (χ1) is 11.1. The van der Waals surface area contributed by atoms with Gasteiger partial charge in [0.1, 0.15) is 0 Å². The molecule has 0 aromatic carbocycles. The average molecular weight is 362 g/mol. The summed E-state index contributed by atoms with van der Waals surface area (Å²) >= 11 is 0. The second-order valence-corrected chi connectivity index (χ2v) is 6.62. The van der Waals surface area contributed by atoms with E-state index in [2.05, 4.69) is 19.2 Å². The molecule has 0 spiro atoms. The predicted octanol–water partition coefficient (Wildman–Crippen LogP) is 2.69. The Hall–Kier alpha value is -0.810. The summed E-state index contributed by atoms with van der Waals surface area (Å²) in [5.74, 6) is 1.12. The number of hydrogen-bond acceptors (Lipinski definition) is 3. The monoisotopic (exact) mass is 361 g/mol. The van der Waals surface area contributed by atoms with Crippen molar-refractivity contribution in [2.45, 2.75) is 58.8 Å². The molecule has 2 amide bonds. The van der Waals surface area contributed by atoms with Gasteiger partial charge in [-0.25, -0.2) is 0 Å². The van der Waals surface area contributed by atoms with Gasteiger partial charge in [-0.3, -0.25) is 9.59 Å². The zero-order valence-corrected chi connectivity index (χ0v) is 16.5. The van der Waals surface area contributed by atoms with Gasteiger partial charge in [-0.2, -0.15) is 0 Å². The van der Waals surface area contributed by atoms with E-state index < -0.39 is 0 Å². The van der Waals surface area contributed by atoms with Crippen molar-refractivity contribution in [2.24, 2.45) is 5.92 Å². The summed E-state index contributed by atoms with van der Waals surface area (Å²) in [5.41, 5.74) is 0. The van der Waals surface area contributed by atoms with E-state index in [0.717, 1.165) is 58.4 Å². The molecule has 1 aliphatic rings. The Labute approximate surface area is 153 Å². The van der Waals surface area contributed by atoms with E-state index in [1.807, 2.05) is 16.8 Å². The Kier molecular flexibility index (Phi) is 13.0.